The Bertz CT molecular complexity index is 307. The van der Waals surface area contributed by atoms with Crippen LogP contribution in [0.3, 0.4) is 0 Å². The summed E-state index contributed by atoms with van der Waals surface area (Å²) >= 11 is 4.79. The van der Waals surface area contributed by atoms with E-state index in [0.717, 1.165) is 5.69 Å². The number of aromatic hydroxyl groups is 1. The summed E-state index contributed by atoms with van der Waals surface area (Å²) in [6, 6.07) is 6.40. The highest BCUT2D eigenvalue weighted by atomic mass is 32.4. The maximum Gasteiger partial charge on any atom is 0.156 e. The van der Waals surface area contributed by atoms with Gasteiger partial charge in [-0.3, -0.25) is 11.0 Å². The van der Waals surface area contributed by atoms with Gasteiger partial charge in [0.15, 0.2) is 6.49 Å². The van der Waals surface area contributed by atoms with Crippen LogP contribution in [0, 0.1) is 0 Å². The van der Waals surface area contributed by atoms with Crippen molar-refractivity contribution in [2.75, 3.05) is 5.09 Å². The summed E-state index contributed by atoms with van der Waals surface area (Å²) in [4.78, 5) is 0. The van der Waals surface area contributed by atoms with Crippen molar-refractivity contribution in [3.63, 3.8) is 0 Å². The van der Waals surface area contributed by atoms with Gasteiger partial charge in [-0.1, -0.05) is 0 Å². The normalized spacial score (nSPS) is 11.2. The Morgan fingerprint density at radius 2 is 1.75 bits per heavy atom. The molecule has 6 heteroatoms. The predicted molar refractivity (Wildman–Crippen MR) is 54.4 cm³/mol. The Balaban J connectivity index is 2.78. The SMILES string of the molecule is NP(N)(=S)Nc1ccc(O)cc1. The zero-order valence-electron chi connectivity index (χ0n) is 6.27. The van der Waals surface area contributed by atoms with Crippen molar-refractivity contribution in [1.82, 2.24) is 0 Å². The van der Waals surface area contributed by atoms with E-state index >= 15 is 0 Å². The fraction of sp³-hybridized carbons (Fsp3) is 0. The van der Waals surface area contributed by atoms with Gasteiger partial charge in [-0.25, -0.2) is 0 Å². The molecule has 6 N–H and O–H groups in total. The molecule has 1 rings (SSSR count). The lowest BCUT2D eigenvalue weighted by Gasteiger charge is -2.13. The molecule has 0 atom stereocenters. The average molecular weight is 203 g/mol. The Morgan fingerprint density at radius 3 is 2.17 bits per heavy atom. The van der Waals surface area contributed by atoms with Crippen molar-refractivity contribution in [2.24, 2.45) is 11.0 Å². The van der Waals surface area contributed by atoms with E-state index in [1.807, 2.05) is 0 Å². The molecule has 1 aromatic rings. The Kier molecular flexibility index (Phi) is 2.69. The average Bonchev–Trinajstić information content (AvgIpc) is 1.91. The Morgan fingerprint density at radius 1 is 1.25 bits per heavy atom. The Hall–Kier alpha value is -0.610. The number of phenolic OH excluding ortho intramolecular Hbond substituents is 1. The lowest BCUT2D eigenvalue weighted by Crippen LogP contribution is -2.12. The maximum absolute atomic E-state index is 8.95. The van der Waals surface area contributed by atoms with E-state index < -0.39 is 6.49 Å². The van der Waals surface area contributed by atoms with Gasteiger partial charge in [0.05, 0.1) is 0 Å². The van der Waals surface area contributed by atoms with Crippen molar-refractivity contribution >= 4 is 24.0 Å². The molecule has 0 amide bonds. The van der Waals surface area contributed by atoms with Crippen LogP contribution in [-0.2, 0) is 11.8 Å². The van der Waals surface area contributed by atoms with Crippen LogP contribution in [0.1, 0.15) is 0 Å². The predicted octanol–water partition coefficient (Wildman–Crippen LogP) is 0.946. The molecule has 4 nitrogen and oxygen atoms in total. The highest BCUT2D eigenvalue weighted by Crippen LogP contribution is 2.28. The van der Waals surface area contributed by atoms with E-state index in [1.165, 1.54) is 12.1 Å². The summed E-state index contributed by atoms with van der Waals surface area (Å²) in [5, 5.41) is 11.7. The van der Waals surface area contributed by atoms with Crippen LogP contribution in [0.15, 0.2) is 24.3 Å². The van der Waals surface area contributed by atoms with Crippen LogP contribution in [-0.4, -0.2) is 5.11 Å². The quantitative estimate of drug-likeness (QED) is 0.425. The number of anilines is 1. The number of hydrogen-bond acceptors (Lipinski definition) is 2. The van der Waals surface area contributed by atoms with Crippen LogP contribution in [0.5, 0.6) is 5.75 Å². The molecule has 0 spiro atoms. The minimum absolute atomic E-state index is 0.197. The van der Waals surface area contributed by atoms with E-state index in [-0.39, 0.29) is 5.75 Å². The molecule has 0 radical (unpaired) electrons. The smallest absolute Gasteiger partial charge is 0.156 e. The van der Waals surface area contributed by atoms with Gasteiger partial charge in [0, 0.05) is 5.69 Å². The molecule has 0 saturated carbocycles. The summed E-state index contributed by atoms with van der Waals surface area (Å²) < 4.78 is 0. The van der Waals surface area contributed by atoms with Gasteiger partial charge in [-0.15, -0.1) is 0 Å². The van der Waals surface area contributed by atoms with Crippen molar-refractivity contribution < 1.29 is 5.11 Å². The first-order valence-electron chi connectivity index (χ1n) is 3.22. The summed E-state index contributed by atoms with van der Waals surface area (Å²) in [5.74, 6) is 0.197. The van der Waals surface area contributed by atoms with Crippen LogP contribution in [0.4, 0.5) is 5.69 Å². The maximum atomic E-state index is 8.95. The fourth-order valence-corrected chi connectivity index (χ4v) is 1.61. The number of phenols is 1. The molecule has 0 heterocycles. The van der Waals surface area contributed by atoms with E-state index in [9.17, 15) is 0 Å². The standard InChI is InChI=1S/C6H10N3OPS/c7-11(8,12)9-5-1-3-6(10)4-2-5/h1-4,10H,(H5,7,8,9,12). The molecule has 0 aliphatic heterocycles. The van der Waals surface area contributed by atoms with Crippen molar-refractivity contribution in [3.05, 3.63) is 24.3 Å². The largest absolute Gasteiger partial charge is 0.508 e. The summed E-state index contributed by atoms with van der Waals surface area (Å²) in [6.45, 7) is -2.40. The zero-order chi connectivity index (χ0) is 9.19. The molecule has 0 aliphatic rings. The number of nitrogens with one attached hydrogen (secondary N) is 1. The molecule has 0 aromatic heterocycles. The third-order valence-corrected chi connectivity index (χ3v) is 2.05. The van der Waals surface area contributed by atoms with E-state index in [1.54, 1.807) is 12.1 Å². The van der Waals surface area contributed by atoms with Crippen LogP contribution in [0.2, 0.25) is 0 Å². The number of rotatable bonds is 2. The molecule has 0 bridgehead atoms. The minimum Gasteiger partial charge on any atom is -0.508 e. The van der Waals surface area contributed by atoms with Crippen molar-refractivity contribution in [1.29, 1.82) is 0 Å². The lowest BCUT2D eigenvalue weighted by molar-refractivity contribution is 0.475. The van der Waals surface area contributed by atoms with Gasteiger partial charge < -0.3 is 10.2 Å². The van der Waals surface area contributed by atoms with E-state index in [0.29, 0.717) is 0 Å². The van der Waals surface area contributed by atoms with Gasteiger partial charge >= 0.3 is 0 Å². The first kappa shape index (κ1) is 9.48. The zero-order valence-corrected chi connectivity index (χ0v) is 7.98. The van der Waals surface area contributed by atoms with E-state index in [2.05, 4.69) is 5.09 Å². The first-order valence-corrected chi connectivity index (χ1v) is 6.16. The molecule has 0 aliphatic carbocycles. The number of hydrogen-bond donors (Lipinski definition) is 4. The molecule has 0 saturated heterocycles. The molecule has 0 unspecified atom stereocenters. The van der Waals surface area contributed by atoms with Gasteiger partial charge in [-0.05, 0) is 36.1 Å². The highest BCUT2D eigenvalue weighted by molar-refractivity contribution is 8.13. The van der Waals surface area contributed by atoms with Gasteiger partial charge in [0.1, 0.15) is 5.75 Å². The third kappa shape index (κ3) is 3.19. The fourth-order valence-electron chi connectivity index (χ4n) is 0.738. The highest BCUT2D eigenvalue weighted by Gasteiger charge is 2.01. The second-order valence-electron chi connectivity index (χ2n) is 2.37. The molecular formula is C6H10N3OPS. The van der Waals surface area contributed by atoms with Gasteiger partial charge in [0.25, 0.3) is 0 Å². The molecular weight excluding hydrogens is 193 g/mol. The number of nitrogens with two attached hydrogens (primary N) is 2. The lowest BCUT2D eigenvalue weighted by atomic mass is 10.3. The second kappa shape index (κ2) is 3.41. The molecule has 0 fully saturated rings. The Labute approximate surface area is 75.7 Å². The summed E-state index contributed by atoms with van der Waals surface area (Å²) in [6.07, 6.45) is 0. The van der Waals surface area contributed by atoms with Gasteiger partial charge in [-0.2, -0.15) is 0 Å². The van der Waals surface area contributed by atoms with Crippen LogP contribution < -0.4 is 16.1 Å². The van der Waals surface area contributed by atoms with Crippen LogP contribution in [0.25, 0.3) is 0 Å². The monoisotopic (exact) mass is 203 g/mol. The minimum atomic E-state index is -2.40. The summed E-state index contributed by atoms with van der Waals surface area (Å²) in [5.41, 5.74) is 11.6. The molecule has 12 heavy (non-hydrogen) atoms. The van der Waals surface area contributed by atoms with Crippen molar-refractivity contribution in [3.8, 4) is 5.75 Å². The second-order valence-corrected chi connectivity index (χ2v) is 5.82. The first-order chi connectivity index (χ1) is 5.47. The number of benzene rings is 1. The molecule has 1 aromatic carbocycles. The topological polar surface area (TPSA) is 84.3 Å². The third-order valence-electron chi connectivity index (χ3n) is 1.17. The summed E-state index contributed by atoms with van der Waals surface area (Å²) in [7, 11) is 0. The van der Waals surface area contributed by atoms with Crippen molar-refractivity contribution in [2.45, 2.75) is 0 Å². The van der Waals surface area contributed by atoms with Crippen LogP contribution >= 0.6 is 6.49 Å². The molecule has 66 valence electrons. The van der Waals surface area contributed by atoms with E-state index in [4.69, 9.17) is 27.9 Å². The van der Waals surface area contributed by atoms with Gasteiger partial charge in [0.2, 0.25) is 0 Å².